The normalized spacial score (nSPS) is 14.6. The molecule has 2 aromatic rings. The van der Waals surface area contributed by atoms with Crippen molar-refractivity contribution in [2.45, 2.75) is 53.5 Å². The van der Waals surface area contributed by atoms with Crippen LogP contribution in [0.5, 0.6) is 0 Å². The van der Waals surface area contributed by atoms with Gasteiger partial charge in [-0.25, -0.2) is 9.97 Å². The molecule has 2 heterocycles. The smallest absolute Gasteiger partial charge is 0.251 e. The average molecular weight is 424 g/mol. The summed E-state index contributed by atoms with van der Waals surface area (Å²) in [5, 5.41) is 6.10. The third-order valence-corrected chi connectivity index (χ3v) is 5.80. The number of carbonyl (C=O) groups is 2. The van der Waals surface area contributed by atoms with E-state index in [1.165, 1.54) is 0 Å². The van der Waals surface area contributed by atoms with Gasteiger partial charge in [-0.2, -0.15) is 0 Å². The van der Waals surface area contributed by atoms with Gasteiger partial charge in [0.1, 0.15) is 17.4 Å². The Morgan fingerprint density at radius 1 is 1.10 bits per heavy atom. The van der Waals surface area contributed by atoms with Crippen LogP contribution < -0.4 is 15.5 Å². The summed E-state index contributed by atoms with van der Waals surface area (Å²) >= 11 is 0. The molecule has 1 aliphatic heterocycles. The summed E-state index contributed by atoms with van der Waals surface area (Å²) in [5.41, 5.74) is 2.22. The Bertz CT molecular complexity index is 920. The van der Waals surface area contributed by atoms with E-state index in [9.17, 15) is 9.59 Å². The van der Waals surface area contributed by atoms with Crippen LogP contribution in [0.4, 0.5) is 11.5 Å². The van der Waals surface area contributed by atoms with Crippen LogP contribution in [-0.2, 0) is 11.3 Å². The van der Waals surface area contributed by atoms with Crippen molar-refractivity contribution >= 4 is 23.2 Å². The predicted molar refractivity (Wildman–Crippen MR) is 123 cm³/mol. The van der Waals surface area contributed by atoms with Gasteiger partial charge in [-0.1, -0.05) is 20.3 Å². The minimum Gasteiger partial charge on any atom is -0.370 e. The Kier molecular flexibility index (Phi) is 7.25. The van der Waals surface area contributed by atoms with Crippen molar-refractivity contribution < 1.29 is 9.59 Å². The molecule has 31 heavy (non-hydrogen) atoms. The van der Waals surface area contributed by atoms with Crippen molar-refractivity contribution in [3.05, 3.63) is 47.4 Å². The molecule has 0 atom stereocenters. The van der Waals surface area contributed by atoms with Crippen LogP contribution in [0.25, 0.3) is 0 Å². The molecular weight excluding hydrogens is 390 g/mol. The lowest BCUT2D eigenvalue weighted by atomic mass is 9.71. The van der Waals surface area contributed by atoms with Crippen molar-refractivity contribution in [2.75, 3.05) is 29.9 Å². The van der Waals surface area contributed by atoms with Gasteiger partial charge in [0, 0.05) is 43.4 Å². The molecule has 0 aliphatic carbocycles. The van der Waals surface area contributed by atoms with E-state index in [0.29, 0.717) is 30.1 Å². The second-order valence-electron chi connectivity index (χ2n) is 8.21. The molecule has 1 amide bonds. The number of aromatic nitrogens is 2. The molecule has 0 saturated carbocycles. The van der Waals surface area contributed by atoms with Gasteiger partial charge < -0.3 is 15.5 Å². The Balaban J connectivity index is 1.58. The minimum absolute atomic E-state index is 0.141. The minimum atomic E-state index is -0.194. The highest BCUT2D eigenvalue weighted by Crippen LogP contribution is 2.39. The van der Waals surface area contributed by atoms with Crippen LogP contribution in [0.2, 0.25) is 0 Å². The molecule has 166 valence electrons. The Labute approximate surface area is 184 Å². The van der Waals surface area contributed by atoms with Crippen molar-refractivity contribution in [1.82, 2.24) is 15.3 Å². The molecule has 1 aliphatic rings. The van der Waals surface area contributed by atoms with Crippen LogP contribution in [-0.4, -0.2) is 41.3 Å². The highest BCUT2D eigenvalue weighted by Gasteiger charge is 2.47. The van der Waals surface area contributed by atoms with Crippen molar-refractivity contribution in [2.24, 2.45) is 5.41 Å². The monoisotopic (exact) mass is 423 g/mol. The molecule has 0 radical (unpaired) electrons. The zero-order valence-corrected chi connectivity index (χ0v) is 19.0. The number of nitrogens with one attached hydrogen (secondary N) is 2. The van der Waals surface area contributed by atoms with Crippen LogP contribution in [0.15, 0.2) is 30.3 Å². The first kappa shape index (κ1) is 22.7. The number of Topliss-reactive ketones (excluding diaryl/α,β-unsaturated/α-hetero) is 1. The van der Waals surface area contributed by atoms with E-state index in [4.69, 9.17) is 0 Å². The largest absolute Gasteiger partial charge is 0.370 e. The van der Waals surface area contributed by atoms with E-state index < -0.39 is 0 Å². The highest BCUT2D eigenvalue weighted by molar-refractivity contribution is 5.94. The predicted octanol–water partition coefficient (Wildman–Crippen LogP) is 3.73. The summed E-state index contributed by atoms with van der Waals surface area (Å²) in [6.07, 6.45) is 2.55. The van der Waals surface area contributed by atoms with Crippen LogP contribution in [0, 0.1) is 12.3 Å². The number of anilines is 2. The third-order valence-electron chi connectivity index (χ3n) is 5.80. The Morgan fingerprint density at radius 3 is 2.42 bits per heavy atom. The molecular formula is C24H33N5O2. The molecule has 1 fully saturated rings. The fraction of sp³-hybridized carbons (Fsp3) is 0.500. The molecule has 0 spiro atoms. The zero-order chi connectivity index (χ0) is 22.4. The van der Waals surface area contributed by atoms with Gasteiger partial charge in [0.2, 0.25) is 0 Å². The van der Waals surface area contributed by atoms with Crippen molar-refractivity contribution in [1.29, 1.82) is 0 Å². The molecule has 0 bridgehead atoms. The fourth-order valence-electron chi connectivity index (χ4n) is 4.28. The quantitative estimate of drug-likeness (QED) is 0.605. The van der Waals surface area contributed by atoms with Gasteiger partial charge in [-0.05, 0) is 44.5 Å². The molecule has 7 nitrogen and oxygen atoms in total. The van der Waals surface area contributed by atoms with E-state index in [1.807, 2.05) is 51.1 Å². The summed E-state index contributed by atoms with van der Waals surface area (Å²) in [6, 6.07) is 9.44. The lowest BCUT2D eigenvalue weighted by molar-refractivity contribution is -0.130. The first-order chi connectivity index (χ1) is 14.9. The lowest BCUT2D eigenvalue weighted by Crippen LogP contribution is -2.60. The highest BCUT2D eigenvalue weighted by atomic mass is 16.1. The number of aryl methyl sites for hydroxylation is 1. The molecule has 1 saturated heterocycles. The second-order valence-corrected chi connectivity index (χ2v) is 8.21. The van der Waals surface area contributed by atoms with Gasteiger partial charge in [-0.15, -0.1) is 0 Å². The summed E-state index contributed by atoms with van der Waals surface area (Å²) in [6.45, 7) is 10.6. The number of nitrogens with zero attached hydrogens (tertiary/aromatic N) is 3. The number of amides is 1. The standard InChI is InChI=1S/C24H33N5O2/c1-5-12-24(21(30)6-2)15-29(16-24)20-10-8-18(9-11-20)23(31)26-14-19-13-22(25-7-3)28-17(4)27-19/h8-11,13H,5-7,12,14-16H2,1-4H3,(H,26,31)(H,25,27,28). The number of ketones is 1. The molecule has 3 rings (SSSR count). The summed E-state index contributed by atoms with van der Waals surface area (Å²) in [5.74, 6) is 1.65. The van der Waals surface area contributed by atoms with Crippen molar-refractivity contribution in [3.63, 3.8) is 0 Å². The first-order valence-electron chi connectivity index (χ1n) is 11.2. The lowest BCUT2D eigenvalue weighted by Gasteiger charge is -2.50. The van der Waals surface area contributed by atoms with E-state index in [2.05, 4.69) is 32.4 Å². The molecule has 7 heteroatoms. The maximum atomic E-state index is 12.6. The molecule has 1 aromatic heterocycles. The summed E-state index contributed by atoms with van der Waals surface area (Å²) in [4.78, 5) is 35.9. The topological polar surface area (TPSA) is 87.2 Å². The van der Waals surface area contributed by atoms with E-state index >= 15 is 0 Å². The number of carbonyl (C=O) groups excluding carboxylic acids is 2. The Morgan fingerprint density at radius 2 is 1.81 bits per heavy atom. The molecule has 1 aromatic carbocycles. The summed E-state index contributed by atoms with van der Waals surface area (Å²) in [7, 11) is 0. The second kappa shape index (κ2) is 9.90. The zero-order valence-electron chi connectivity index (χ0n) is 19.0. The first-order valence-corrected chi connectivity index (χ1v) is 11.2. The van der Waals surface area contributed by atoms with Crippen molar-refractivity contribution in [3.8, 4) is 0 Å². The molecule has 2 N–H and O–H groups in total. The number of hydrogen-bond acceptors (Lipinski definition) is 6. The van der Waals surface area contributed by atoms with Gasteiger partial charge >= 0.3 is 0 Å². The van der Waals surface area contributed by atoms with Crippen LogP contribution in [0.3, 0.4) is 0 Å². The van der Waals surface area contributed by atoms with Crippen LogP contribution >= 0.6 is 0 Å². The maximum Gasteiger partial charge on any atom is 0.251 e. The van der Waals surface area contributed by atoms with E-state index in [1.54, 1.807) is 0 Å². The van der Waals surface area contributed by atoms with E-state index in [-0.39, 0.29) is 11.3 Å². The van der Waals surface area contributed by atoms with Gasteiger partial charge in [-0.3, -0.25) is 9.59 Å². The third kappa shape index (κ3) is 5.21. The van der Waals surface area contributed by atoms with Gasteiger partial charge in [0.25, 0.3) is 5.91 Å². The fourth-order valence-corrected chi connectivity index (χ4v) is 4.28. The van der Waals surface area contributed by atoms with Gasteiger partial charge in [0.05, 0.1) is 17.7 Å². The number of benzene rings is 1. The maximum absolute atomic E-state index is 12.6. The molecule has 0 unspecified atom stereocenters. The Hall–Kier alpha value is -2.96. The SMILES string of the molecule is CCCC1(C(=O)CC)CN(c2ccc(C(=O)NCc3cc(NCC)nc(C)n3)cc2)C1. The number of hydrogen-bond donors (Lipinski definition) is 2. The number of rotatable bonds is 10. The average Bonchev–Trinajstić information content (AvgIpc) is 2.74. The van der Waals surface area contributed by atoms with E-state index in [0.717, 1.165) is 49.7 Å². The van der Waals surface area contributed by atoms with Gasteiger partial charge in [0.15, 0.2) is 0 Å². The van der Waals surface area contributed by atoms with Crippen LogP contribution in [0.1, 0.15) is 61.9 Å². The summed E-state index contributed by atoms with van der Waals surface area (Å²) < 4.78 is 0.